The molecule has 7 heteroatoms. The number of nitrogens with one attached hydrogen (secondary N) is 1. The molecule has 2 N–H and O–H groups in total. The maximum Gasteiger partial charge on any atom is 0.306 e. The Labute approximate surface area is 126 Å². The van der Waals surface area contributed by atoms with Crippen LogP contribution in [0, 0.1) is 11.8 Å². The lowest BCUT2D eigenvalue weighted by Gasteiger charge is -2.16. The van der Waals surface area contributed by atoms with Gasteiger partial charge in [-0.2, -0.15) is 0 Å². The first kappa shape index (κ1) is 17.9. The molecule has 0 saturated carbocycles. The molecule has 1 rings (SSSR count). The van der Waals surface area contributed by atoms with Gasteiger partial charge in [0.15, 0.2) is 9.84 Å². The van der Waals surface area contributed by atoms with E-state index in [4.69, 9.17) is 5.11 Å². The third-order valence-electron chi connectivity index (χ3n) is 3.90. The van der Waals surface area contributed by atoms with Gasteiger partial charge in [0.25, 0.3) is 0 Å². The fourth-order valence-corrected chi connectivity index (χ4v) is 4.42. The van der Waals surface area contributed by atoms with Gasteiger partial charge >= 0.3 is 5.97 Å². The maximum atomic E-state index is 11.8. The molecule has 1 fully saturated rings. The number of amides is 1. The number of carboxylic acids is 1. The highest BCUT2D eigenvalue weighted by Crippen LogP contribution is 2.21. The minimum Gasteiger partial charge on any atom is -0.481 e. The molecule has 21 heavy (non-hydrogen) atoms. The van der Waals surface area contributed by atoms with Gasteiger partial charge in [0, 0.05) is 12.5 Å². The van der Waals surface area contributed by atoms with E-state index in [9.17, 15) is 18.0 Å². The second-order valence-electron chi connectivity index (χ2n) is 6.11. The van der Waals surface area contributed by atoms with Crippen LogP contribution in [0.4, 0.5) is 0 Å². The molecule has 0 aromatic carbocycles. The van der Waals surface area contributed by atoms with Crippen LogP contribution in [0.25, 0.3) is 0 Å². The Hall–Kier alpha value is -1.11. The summed E-state index contributed by atoms with van der Waals surface area (Å²) in [5.41, 5.74) is 0. The molecule has 0 radical (unpaired) electrons. The average molecular weight is 319 g/mol. The largest absolute Gasteiger partial charge is 0.481 e. The zero-order valence-electron chi connectivity index (χ0n) is 12.7. The second-order valence-corrected chi connectivity index (χ2v) is 8.34. The van der Waals surface area contributed by atoms with E-state index >= 15 is 0 Å². The van der Waals surface area contributed by atoms with E-state index in [1.54, 1.807) is 6.92 Å². The van der Waals surface area contributed by atoms with Crippen molar-refractivity contribution in [1.29, 1.82) is 0 Å². The number of aliphatic carboxylic acids is 1. The normalized spacial score (nSPS) is 23.4. The van der Waals surface area contributed by atoms with Crippen LogP contribution in [-0.2, 0) is 19.4 Å². The number of sulfone groups is 1. The van der Waals surface area contributed by atoms with E-state index in [0.29, 0.717) is 12.8 Å². The van der Waals surface area contributed by atoms with Crippen LogP contribution in [-0.4, -0.2) is 42.9 Å². The van der Waals surface area contributed by atoms with Gasteiger partial charge in [-0.25, -0.2) is 8.42 Å². The van der Waals surface area contributed by atoms with Crippen molar-refractivity contribution in [3.8, 4) is 0 Å². The Morgan fingerprint density at radius 3 is 2.48 bits per heavy atom. The van der Waals surface area contributed by atoms with Gasteiger partial charge in [0.1, 0.15) is 0 Å². The van der Waals surface area contributed by atoms with Crippen molar-refractivity contribution >= 4 is 21.7 Å². The van der Waals surface area contributed by atoms with Gasteiger partial charge in [-0.1, -0.05) is 13.3 Å². The summed E-state index contributed by atoms with van der Waals surface area (Å²) in [6, 6.07) is -0.0171. The summed E-state index contributed by atoms with van der Waals surface area (Å²) < 4.78 is 22.7. The summed E-state index contributed by atoms with van der Waals surface area (Å²) in [6.07, 6.45) is 2.89. The van der Waals surface area contributed by atoms with E-state index < -0.39 is 15.8 Å². The summed E-state index contributed by atoms with van der Waals surface area (Å²) in [4.78, 5) is 22.5. The van der Waals surface area contributed by atoms with Crippen LogP contribution >= 0.6 is 0 Å². The average Bonchev–Trinajstić information content (AvgIpc) is 2.67. The third kappa shape index (κ3) is 6.93. The Morgan fingerprint density at radius 2 is 1.95 bits per heavy atom. The van der Waals surface area contributed by atoms with Crippen molar-refractivity contribution in [1.82, 2.24) is 5.32 Å². The van der Waals surface area contributed by atoms with E-state index in [1.165, 1.54) is 0 Å². The molecule has 1 saturated heterocycles. The van der Waals surface area contributed by atoms with Crippen molar-refractivity contribution in [2.45, 2.75) is 52.0 Å². The lowest BCUT2D eigenvalue weighted by atomic mass is 10.0. The topological polar surface area (TPSA) is 101 Å². The molecule has 0 aromatic rings. The first-order chi connectivity index (χ1) is 9.69. The first-order valence-electron chi connectivity index (χ1n) is 7.42. The zero-order valence-corrected chi connectivity index (χ0v) is 13.5. The van der Waals surface area contributed by atoms with Gasteiger partial charge in [0.05, 0.1) is 17.4 Å². The molecule has 3 unspecified atom stereocenters. The number of rotatable bonds is 8. The monoisotopic (exact) mass is 319 g/mol. The van der Waals surface area contributed by atoms with Crippen LogP contribution < -0.4 is 5.32 Å². The predicted molar refractivity (Wildman–Crippen MR) is 79.6 cm³/mol. The summed E-state index contributed by atoms with van der Waals surface area (Å²) in [5.74, 6) is -1.03. The lowest BCUT2D eigenvalue weighted by molar-refractivity contribution is -0.141. The molecule has 0 aromatic heterocycles. The summed E-state index contributed by atoms with van der Waals surface area (Å²) in [6.45, 7) is 3.56. The molecule has 1 heterocycles. The second kappa shape index (κ2) is 7.77. The van der Waals surface area contributed by atoms with Crippen molar-refractivity contribution in [2.75, 3.05) is 11.5 Å². The predicted octanol–water partition coefficient (Wildman–Crippen LogP) is 1.21. The smallest absolute Gasteiger partial charge is 0.306 e. The number of carboxylic acid groups (broad SMARTS) is 1. The fourth-order valence-electron chi connectivity index (χ4n) is 2.55. The minimum atomic E-state index is -2.94. The highest BCUT2D eigenvalue weighted by atomic mass is 32.2. The summed E-state index contributed by atoms with van der Waals surface area (Å²) in [5, 5.41) is 11.6. The number of hydrogen-bond donors (Lipinski definition) is 2. The highest BCUT2D eigenvalue weighted by Gasteiger charge is 2.29. The van der Waals surface area contributed by atoms with Crippen molar-refractivity contribution in [3.63, 3.8) is 0 Å². The van der Waals surface area contributed by atoms with Crippen LogP contribution in [0.15, 0.2) is 0 Å². The fraction of sp³-hybridized carbons (Fsp3) is 0.857. The summed E-state index contributed by atoms with van der Waals surface area (Å²) >= 11 is 0. The molecule has 0 spiro atoms. The quantitative estimate of drug-likeness (QED) is 0.700. The van der Waals surface area contributed by atoms with E-state index in [-0.39, 0.29) is 41.7 Å². The lowest BCUT2D eigenvalue weighted by Crippen LogP contribution is -2.34. The molecule has 1 aliphatic rings. The maximum absolute atomic E-state index is 11.8. The number of carbonyl (C=O) groups excluding carboxylic acids is 1. The molecule has 1 aliphatic heterocycles. The highest BCUT2D eigenvalue weighted by molar-refractivity contribution is 7.91. The zero-order chi connectivity index (χ0) is 16.0. The molecule has 0 aliphatic carbocycles. The van der Waals surface area contributed by atoms with Crippen LogP contribution in [0.3, 0.4) is 0 Å². The number of carbonyl (C=O) groups is 2. The van der Waals surface area contributed by atoms with Crippen LogP contribution in [0.2, 0.25) is 0 Å². The Morgan fingerprint density at radius 1 is 1.29 bits per heavy atom. The van der Waals surface area contributed by atoms with Crippen LogP contribution in [0.1, 0.15) is 46.0 Å². The summed E-state index contributed by atoms with van der Waals surface area (Å²) in [7, 11) is -2.94. The van der Waals surface area contributed by atoms with Gasteiger partial charge in [-0.3, -0.25) is 9.59 Å². The molecule has 1 amide bonds. The number of hydrogen-bond acceptors (Lipinski definition) is 4. The molecule has 122 valence electrons. The molecule has 0 bridgehead atoms. The Bertz CT molecular complexity index is 474. The van der Waals surface area contributed by atoms with E-state index in [1.807, 2.05) is 6.92 Å². The van der Waals surface area contributed by atoms with Gasteiger partial charge in [-0.15, -0.1) is 0 Å². The van der Waals surface area contributed by atoms with Gasteiger partial charge in [0.2, 0.25) is 5.91 Å². The first-order valence-corrected chi connectivity index (χ1v) is 9.24. The van der Waals surface area contributed by atoms with E-state index in [2.05, 4.69) is 5.32 Å². The minimum absolute atomic E-state index is 0.0171. The van der Waals surface area contributed by atoms with Crippen molar-refractivity contribution < 1.29 is 23.1 Å². The van der Waals surface area contributed by atoms with E-state index in [0.717, 1.165) is 12.8 Å². The van der Waals surface area contributed by atoms with Gasteiger partial charge in [-0.05, 0) is 32.1 Å². The standard InChI is InChI=1S/C14H25NO5S/c1-10(14(17)18)4-3-5-11(2)15-13(16)8-12-6-7-21(19,20)9-12/h10-12H,3-9H2,1-2H3,(H,15,16)(H,17,18). The van der Waals surface area contributed by atoms with Crippen LogP contribution in [0.5, 0.6) is 0 Å². The third-order valence-corrected chi connectivity index (χ3v) is 5.74. The molecular formula is C14H25NO5S. The SMILES string of the molecule is CC(CCCC(C)C(=O)O)NC(=O)CC1CCS(=O)(=O)C1. The van der Waals surface area contributed by atoms with Gasteiger partial charge < -0.3 is 10.4 Å². The Kier molecular flexibility index (Phi) is 6.64. The molecular weight excluding hydrogens is 294 g/mol. The molecule has 6 nitrogen and oxygen atoms in total. The van der Waals surface area contributed by atoms with Crippen molar-refractivity contribution in [3.05, 3.63) is 0 Å². The molecule has 3 atom stereocenters. The van der Waals surface area contributed by atoms with Crippen molar-refractivity contribution in [2.24, 2.45) is 11.8 Å². The Balaban J connectivity index is 2.20.